The number of benzene rings is 2. The molecule has 2 aromatic rings. The van der Waals surface area contributed by atoms with Crippen LogP contribution in [0.2, 0.25) is 0 Å². The zero-order valence-corrected chi connectivity index (χ0v) is 16.5. The average Bonchev–Trinajstić information content (AvgIpc) is 3.11. The molecule has 1 aliphatic heterocycles. The smallest absolute Gasteiger partial charge is 0.165 e. The second-order valence-corrected chi connectivity index (χ2v) is 8.60. The second kappa shape index (κ2) is 7.07. The number of halogens is 1. The van der Waals surface area contributed by atoms with Crippen LogP contribution in [0.3, 0.4) is 0 Å². The lowest BCUT2D eigenvalue weighted by Gasteiger charge is -2.44. The molecule has 0 spiro atoms. The SMILES string of the molecule is COc1ccc2c3c1O[C@@H]1C(F)CCC(C31)[C@@H](NC(C)Cc1ccccc1)C2. The second-order valence-electron chi connectivity index (χ2n) is 8.60. The molecule has 2 aliphatic carbocycles. The van der Waals surface area contributed by atoms with Gasteiger partial charge < -0.3 is 14.8 Å². The molecule has 4 unspecified atom stereocenters. The molecule has 3 aliphatic rings. The Labute approximate surface area is 166 Å². The number of nitrogens with one attached hydrogen (secondary N) is 1. The maximum absolute atomic E-state index is 14.8. The third-order valence-corrected chi connectivity index (χ3v) is 6.84. The van der Waals surface area contributed by atoms with E-state index in [-0.39, 0.29) is 12.0 Å². The molecule has 5 rings (SSSR count). The fourth-order valence-electron chi connectivity index (χ4n) is 5.69. The van der Waals surface area contributed by atoms with Gasteiger partial charge in [-0.25, -0.2) is 4.39 Å². The van der Waals surface area contributed by atoms with Crippen molar-refractivity contribution >= 4 is 0 Å². The van der Waals surface area contributed by atoms with E-state index in [1.165, 1.54) is 16.7 Å². The topological polar surface area (TPSA) is 30.5 Å². The van der Waals surface area contributed by atoms with Crippen molar-refractivity contribution in [3.8, 4) is 11.5 Å². The van der Waals surface area contributed by atoms with Crippen molar-refractivity contribution in [2.45, 2.75) is 62.9 Å². The number of hydrogen-bond donors (Lipinski definition) is 1. The van der Waals surface area contributed by atoms with E-state index in [1.807, 2.05) is 6.07 Å². The first-order valence-corrected chi connectivity index (χ1v) is 10.5. The number of hydrogen-bond acceptors (Lipinski definition) is 3. The van der Waals surface area contributed by atoms with E-state index in [1.54, 1.807) is 7.11 Å². The highest BCUT2D eigenvalue weighted by Gasteiger charge is 2.53. The highest BCUT2D eigenvalue weighted by molar-refractivity contribution is 5.57. The van der Waals surface area contributed by atoms with Crippen LogP contribution in [0.15, 0.2) is 42.5 Å². The summed E-state index contributed by atoms with van der Waals surface area (Å²) in [6.45, 7) is 2.26. The Morgan fingerprint density at radius 2 is 2.00 bits per heavy atom. The summed E-state index contributed by atoms with van der Waals surface area (Å²) in [6.07, 6.45) is 2.21. The van der Waals surface area contributed by atoms with E-state index < -0.39 is 6.17 Å². The van der Waals surface area contributed by atoms with Crippen molar-refractivity contribution in [1.82, 2.24) is 5.32 Å². The molecule has 2 aromatic carbocycles. The zero-order chi connectivity index (χ0) is 19.3. The van der Waals surface area contributed by atoms with Crippen LogP contribution < -0.4 is 14.8 Å². The van der Waals surface area contributed by atoms with E-state index in [0.717, 1.165) is 30.8 Å². The summed E-state index contributed by atoms with van der Waals surface area (Å²) >= 11 is 0. The van der Waals surface area contributed by atoms with Crippen molar-refractivity contribution in [1.29, 1.82) is 0 Å². The first-order chi connectivity index (χ1) is 13.7. The van der Waals surface area contributed by atoms with Gasteiger partial charge >= 0.3 is 0 Å². The Balaban J connectivity index is 1.42. The molecule has 148 valence electrons. The molecule has 0 bridgehead atoms. The number of ether oxygens (including phenoxy) is 2. The van der Waals surface area contributed by atoms with Crippen LogP contribution in [0.5, 0.6) is 11.5 Å². The van der Waals surface area contributed by atoms with Crippen LogP contribution in [-0.4, -0.2) is 31.5 Å². The van der Waals surface area contributed by atoms with Crippen molar-refractivity contribution < 1.29 is 13.9 Å². The van der Waals surface area contributed by atoms with Crippen LogP contribution in [0.4, 0.5) is 4.39 Å². The summed E-state index contributed by atoms with van der Waals surface area (Å²) in [5.74, 6) is 2.08. The lowest BCUT2D eigenvalue weighted by Crippen LogP contribution is -2.52. The van der Waals surface area contributed by atoms with Crippen LogP contribution >= 0.6 is 0 Å². The van der Waals surface area contributed by atoms with Gasteiger partial charge in [0.2, 0.25) is 0 Å². The number of rotatable bonds is 5. The Hall–Kier alpha value is -2.07. The molecule has 3 nitrogen and oxygen atoms in total. The average molecular weight is 381 g/mol. The normalized spacial score (nSPS) is 31.0. The molecule has 0 radical (unpaired) electrons. The quantitative estimate of drug-likeness (QED) is 0.831. The Bertz CT molecular complexity index is 855. The van der Waals surface area contributed by atoms with Gasteiger partial charge in [0.1, 0.15) is 12.3 Å². The Morgan fingerprint density at radius 1 is 1.18 bits per heavy atom. The summed E-state index contributed by atoms with van der Waals surface area (Å²) in [6, 6.07) is 15.5. The van der Waals surface area contributed by atoms with E-state index >= 15 is 0 Å². The van der Waals surface area contributed by atoms with Gasteiger partial charge in [0.05, 0.1) is 7.11 Å². The van der Waals surface area contributed by atoms with Crippen molar-refractivity contribution in [3.63, 3.8) is 0 Å². The molecule has 1 saturated carbocycles. The van der Waals surface area contributed by atoms with Gasteiger partial charge in [-0.2, -0.15) is 0 Å². The third-order valence-electron chi connectivity index (χ3n) is 6.84. The van der Waals surface area contributed by atoms with Gasteiger partial charge in [0, 0.05) is 23.6 Å². The molecule has 1 heterocycles. The fraction of sp³-hybridized carbons (Fsp3) is 0.500. The molecule has 0 amide bonds. The van der Waals surface area contributed by atoms with E-state index in [0.29, 0.717) is 24.4 Å². The minimum absolute atomic E-state index is 0.138. The van der Waals surface area contributed by atoms with Crippen molar-refractivity contribution in [2.24, 2.45) is 5.92 Å². The number of alkyl halides is 1. The molecule has 6 atom stereocenters. The monoisotopic (exact) mass is 381 g/mol. The van der Waals surface area contributed by atoms with Crippen molar-refractivity contribution in [3.05, 3.63) is 59.2 Å². The molecule has 1 N–H and O–H groups in total. The molecule has 0 saturated heterocycles. The summed E-state index contributed by atoms with van der Waals surface area (Å²) in [5, 5.41) is 3.89. The van der Waals surface area contributed by atoms with Gasteiger partial charge in [-0.3, -0.25) is 0 Å². The zero-order valence-electron chi connectivity index (χ0n) is 16.5. The van der Waals surface area contributed by atoms with Crippen molar-refractivity contribution in [2.75, 3.05) is 7.11 Å². The van der Waals surface area contributed by atoms with Crippen LogP contribution in [-0.2, 0) is 12.8 Å². The third kappa shape index (κ3) is 2.89. The maximum Gasteiger partial charge on any atom is 0.165 e. The van der Waals surface area contributed by atoms with Gasteiger partial charge in [-0.05, 0) is 55.7 Å². The molecule has 1 fully saturated rings. The van der Waals surface area contributed by atoms with E-state index in [2.05, 4.69) is 48.6 Å². The first kappa shape index (κ1) is 18.0. The molecule has 28 heavy (non-hydrogen) atoms. The summed E-state index contributed by atoms with van der Waals surface area (Å²) in [4.78, 5) is 0. The molecular formula is C24H28FNO2. The minimum atomic E-state index is -0.897. The summed E-state index contributed by atoms with van der Waals surface area (Å²) in [5.41, 5.74) is 3.85. The van der Waals surface area contributed by atoms with E-state index in [4.69, 9.17) is 9.47 Å². The van der Waals surface area contributed by atoms with Crippen LogP contribution in [0.1, 0.15) is 42.4 Å². The first-order valence-electron chi connectivity index (χ1n) is 10.5. The number of methoxy groups -OCH3 is 1. The lowest BCUT2D eigenvalue weighted by molar-refractivity contribution is 0.0268. The minimum Gasteiger partial charge on any atom is -0.493 e. The predicted octanol–water partition coefficient (Wildman–Crippen LogP) is 4.43. The van der Waals surface area contributed by atoms with Gasteiger partial charge in [-0.15, -0.1) is 0 Å². The maximum atomic E-state index is 14.8. The Morgan fingerprint density at radius 3 is 2.79 bits per heavy atom. The van der Waals surface area contributed by atoms with Crippen LogP contribution in [0, 0.1) is 5.92 Å². The molecular weight excluding hydrogens is 353 g/mol. The fourth-order valence-corrected chi connectivity index (χ4v) is 5.69. The Kier molecular flexibility index (Phi) is 4.54. The predicted molar refractivity (Wildman–Crippen MR) is 108 cm³/mol. The highest BCUT2D eigenvalue weighted by atomic mass is 19.1. The highest BCUT2D eigenvalue weighted by Crippen LogP contribution is 2.57. The van der Waals surface area contributed by atoms with Gasteiger partial charge in [0.25, 0.3) is 0 Å². The lowest BCUT2D eigenvalue weighted by atomic mass is 9.65. The molecule has 4 heteroatoms. The largest absolute Gasteiger partial charge is 0.493 e. The van der Waals surface area contributed by atoms with Gasteiger partial charge in [-0.1, -0.05) is 36.4 Å². The summed E-state index contributed by atoms with van der Waals surface area (Å²) in [7, 11) is 1.66. The van der Waals surface area contributed by atoms with Crippen LogP contribution in [0.25, 0.3) is 0 Å². The molecule has 0 aromatic heterocycles. The summed E-state index contributed by atoms with van der Waals surface area (Å²) < 4.78 is 26.4. The standard InChI is InChI=1S/C24H28FNO2/c1-14(12-15-6-4-3-5-7-15)26-19-13-16-8-11-20(27-2)24-21(16)22-17(19)9-10-18(25)23(22)28-24/h3-8,11,14,17-19,22-23,26H,9-10,12-13H2,1-2H3/t14?,17?,18?,19-,22?,23+/m0/s1. The van der Waals surface area contributed by atoms with Gasteiger partial charge in [0.15, 0.2) is 11.5 Å². The van der Waals surface area contributed by atoms with E-state index in [9.17, 15) is 4.39 Å².